The van der Waals surface area contributed by atoms with Crippen LogP contribution in [0.4, 0.5) is 0 Å². The number of hydrogen-bond donors (Lipinski definition) is 0. The van der Waals surface area contributed by atoms with Crippen molar-refractivity contribution >= 4 is 7.69 Å². The molecule has 0 unspecified atom stereocenters. The van der Waals surface area contributed by atoms with Crippen LogP contribution in [-0.4, -0.2) is 71.0 Å². The van der Waals surface area contributed by atoms with E-state index in [1.165, 1.54) is 7.69 Å². The Balaban J connectivity index is 0.000000921. The summed E-state index contributed by atoms with van der Waals surface area (Å²) in [5.41, 5.74) is 0. The van der Waals surface area contributed by atoms with Crippen LogP contribution < -0.4 is 0 Å². The topological polar surface area (TPSA) is 24.9 Å². The minimum absolute atomic E-state index is 0.164. The normalized spacial score (nSPS) is 25.1. The lowest BCUT2D eigenvalue weighted by molar-refractivity contribution is 0.103. The minimum Gasteiger partial charge on any atom is -0.406 e. The first kappa shape index (κ1) is 14.9. The number of likely N-dealkylation sites (N-methyl/N-ethyl adjacent to an activating group) is 2. The predicted molar refractivity (Wildman–Crippen MR) is 64.0 cm³/mol. The first-order valence-electron chi connectivity index (χ1n) is 5.51. The van der Waals surface area contributed by atoms with Crippen molar-refractivity contribution in [3.63, 3.8) is 0 Å². The lowest BCUT2D eigenvalue weighted by Crippen LogP contribution is -2.39. The summed E-state index contributed by atoms with van der Waals surface area (Å²) in [7, 11) is 9.61. The van der Waals surface area contributed by atoms with Crippen molar-refractivity contribution in [2.24, 2.45) is 0 Å². The molecule has 0 aliphatic carbocycles. The third kappa shape index (κ3) is 6.15. The summed E-state index contributed by atoms with van der Waals surface area (Å²) in [4.78, 5) is 4.21. The van der Waals surface area contributed by atoms with Crippen LogP contribution in [-0.2, 0) is 9.31 Å². The third-order valence-corrected chi connectivity index (χ3v) is 1.97. The maximum atomic E-state index is 5.36. The second-order valence-electron chi connectivity index (χ2n) is 3.97. The fourth-order valence-electron chi connectivity index (χ4n) is 1.39. The summed E-state index contributed by atoms with van der Waals surface area (Å²) in [6.45, 7) is 5.80. The zero-order valence-electron chi connectivity index (χ0n) is 10.9. The molecule has 15 heavy (non-hydrogen) atoms. The molecule has 0 aromatic rings. The zero-order chi connectivity index (χ0) is 11.8. The molecule has 0 aromatic heterocycles. The van der Waals surface area contributed by atoms with E-state index < -0.39 is 0 Å². The molecule has 0 bridgehead atoms. The Morgan fingerprint density at radius 3 is 1.47 bits per heavy atom. The van der Waals surface area contributed by atoms with Crippen LogP contribution in [0.2, 0.25) is 0 Å². The van der Waals surface area contributed by atoms with E-state index in [-0.39, 0.29) is 12.2 Å². The molecule has 89 valence electrons. The van der Waals surface area contributed by atoms with E-state index in [4.69, 9.17) is 9.31 Å². The molecule has 0 aromatic carbocycles. The highest BCUT2D eigenvalue weighted by molar-refractivity contribution is 6.19. The van der Waals surface area contributed by atoms with E-state index in [0.29, 0.717) is 0 Å². The summed E-state index contributed by atoms with van der Waals surface area (Å²) < 4.78 is 10.7. The third-order valence-electron chi connectivity index (χ3n) is 1.97. The first-order valence-corrected chi connectivity index (χ1v) is 5.51. The standard InChI is InChI=1S/C8H18BN2O2.C2H6/c1-10(2)5-7-8(6-11(3)4)13-9-12-7;1-2/h7-8H,5-6H2,1-4H3;1-2H3/t7-,8-;/m1./s1. The maximum Gasteiger partial charge on any atom is 0.488 e. The monoisotopic (exact) mass is 215 g/mol. The van der Waals surface area contributed by atoms with Gasteiger partial charge in [-0.05, 0) is 28.2 Å². The zero-order valence-corrected chi connectivity index (χ0v) is 10.9. The second kappa shape index (κ2) is 8.10. The maximum absolute atomic E-state index is 5.36. The summed E-state index contributed by atoms with van der Waals surface area (Å²) in [5.74, 6) is 0. The molecular weight excluding hydrogens is 191 g/mol. The average molecular weight is 215 g/mol. The van der Waals surface area contributed by atoms with E-state index in [9.17, 15) is 0 Å². The highest BCUT2D eigenvalue weighted by atomic mass is 16.6. The Kier molecular flexibility index (Phi) is 8.05. The number of nitrogens with zero attached hydrogens (tertiary/aromatic N) is 2. The van der Waals surface area contributed by atoms with Gasteiger partial charge in [0, 0.05) is 13.1 Å². The summed E-state index contributed by atoms with van der Waals surface area (Å²) >= 11 is 0. The van der Waals surface area contributed by atoms with Crippen molar-refractivity contribution < 1.29 is 9.31 Å². The van der Waals surface area contributed by atoms with Crippen LogP contribution >= 0.6 is 0 Å². The lowest BCUT2D eigenvalue weighted by Gasteiger charge is -2.24. The molecule has 1 radical (unpaired) electrons. The Labute approximate surface area is 94.8 Å². The molecule has 1 heterocycles. The molecule has 0 amide bonds. The van der Waals surface area contributed by atoms with Gasteiger partial charge in [-0.25, -0.2) is 0 Å². The van der Waals surface area contributed by atoms with Crippen molar-refractivity contribution in [2.45, 2.75) is 26.1 Å². The van der Waals surface area contributed by atoms with Gasteiger partial charge < -0.3 is 19.1 Å². The first-order chi connectivity index (χ1) is 7.09. The second-order valence-corrected chi connectivity index (χ2v) is 3.97. The molecule has 5 heteroatoms. The van der Waals surface area contributed by atoms with Gasteiger partial charge in [0.2, 0.25) is 0 Å². The molecule has 1 aliphatic heterocycles. The van der Waals surface area contributed by atoms with Crippen molar-refractivity contribution in [1.29, 1.82) is 0 Å². The fourth-order valence-corrected chi connectivity index (χ4v) is 1.39. The van der Waals surface area contributed by atoms with Gasteiger partial charge in [-0.2, -0.15) is 0 Å². The molecule has 0 N–H and O–H groups in total. The Hall–Kier alpha value is -0.0951. The van der Waals surface area contributed by atoms with E-state index in [1.54, 1.807) is 0 Å². The van der Waals surface area contributed by atoms with Crippen molar-refractivity contribution in [2.75, 3.05) is 41.3 Å². The fraction of sp³-hybridized carbons (Fsp3) is 1.00. The van der Waals surface area contributed by atoms with Crippen molar-refractivity contribution in [1.82, 2.24) is 9.80 Å². The minimum atomic E-state index is 0.164. The average Bonchev–Trinajstić information content (AvgIpc) is 2.54. The van der Waals surface area contributed by atoms with Gasteiger partial charge >= 0.3 is 7.69 Å². The molecule has 1 fully saturated rings. The highest BCUT2D eigenvalue weighted by Crippen LogP contribution is 2.12. The molecule has 1 rings (SSSR count). The largest absolute Gasteiger partial charge is 0.488 e. The van der Waals surface area contributed by atoms with Crippen LogP contribution in [0.15, 0.2) is 0 Å². The smallest absolute Gasteiger partial charge is 0.406 e. The van der Waals surface area contributed by atoms with Crippen LogP contribution in [0, 0.1) is 0 Å². The van der Waals surface area contributed by atoms with Crippen LogP contribution in [0.5, 0.6) is 0 Å². The van der Waals surface area contributed by atoms with E-state index in [0.717, 1.165) is 13.1 Å². The van der Waals surface area contributed by atoms with Crippen molar-refractivity contribution in [3.8, 4) is 0 Å². The molecule has 1 aliphatic rings. The summed E-state index contributed by atoms with van der Waals surface area (Å²) in [6.07, 6.45) is 0.329. The van der Waals surface area contributed by atoms with Gasteiger partial charge in [-0.3, -0.25) is 0 Å². The van der Waals surface area contributed by atoms with Crippen LogP contribution in [0.3, 0.4) is 0 Å². The van der Waals surface area contributed by atoms with Gasteiger partial charge in [-0.1, -0.05) is 13.8 Å². The van der Waals surface area contributed by atoms with Gasteiger partial charge in [0.25, 0.3) is 0 Å². The van der Waals surface area contributed by atoms with Crippen LogP contribution in [0.1, 0.15) is 13.8 Å². The highest BCUT2D eigenvalue weighted by Gasteiger charge is 2.30. The number of hydrogen-bond acceptors (Lipinski definition) is 4. The Morgan fingerprint density at radius 1 is 0.867 bits per heavy atom. The molecular formula is C10H24BN2O2. The van der Waals surface area contributed by atoms with E-state index in [2.05, 4.69) is 9.80 Å². The SMILES string of the molecule is CC.CN(C)C[C@H]1O[B]O[C@@H]1CN(C)C. The Morgan fingerprint density at radius 2 is 1.20 bits per heavy atom. The van der Waals surface area contributed by atoms with Gasteiger partial charge in [0.15, 0.2) is 0 Å². The predicted octanol–water partition coefficient (Wildman–Crippen LogP) is 0.454. The van der Waals surface area contributed by atoms with E-state index >= 15 is 0 Å². The molecule has 2 atom stereocenters. The summed E-state index contributed by atoms with van der Waals surface area (Å²) in [6, 6.07) is 0. The molecule has 0 saturated carbocycles. The van der Waals surface area contributed by atoms with E-state index in [1.807, 2.05) is 42.0 Å². The molecule has 4 nitrogen and oxygen atoms in total. The lowest BCUT2D eigenvalue weighted by atomic mass is 10.2. The summed E-state index contributed by atoms with van der Waals surface area (Å²) in [5, 5.41) is 0. The number of rotatable bonds is 4. The molecule has 0 spiro atoms. The van der Waals surface area contributed by atoms with Crippen molar-refractivity contribution in [3.05, 3.63) is 0 Å². The van der Waals surface area contributed by atoms with Gasteiger partial charge in [0.05, 0.1) is 12.2 Å². The Bertz CT molecular complexity index is 140. The molecule has 1 saturated heterocycles. The van der Waals surface area contributed by atoms with Gasteiger partial charge in [-0.15, -0.1) is 0 Å². The van der Waals surface area contributed by atoms with Gasteiger partial charge in [0.1, 0.15) is 0 Å². The van der Waals surface area contributed by atoms with Crippen LogP contribution in [0.25, 0.3) is 0 Å². The quantitative estimate of drug-likeness (QED) is 0.636.